The second-order valence-corrected chi connectivity index (χ2v) is 19.8. The number of carbonyl (C=O) groups is 3. The van der Waals surface area contributed by atoms with E-state index in [-0.39, 0.29) is 44.0 Å². The molecule has 428 valence electrons. The summed E-state index contributed by atoms with van der Waals surface area (Å²) in [6, 6.07) is 0. The number of rotatable bonds is 54. The summed E-state index contributed by atoms with van der Waals surface area (Å²) in [6.07, 6.45) is 89.8. The van der Waals surface area contributed by atoms with E-state index >= 15 is 0 Å². The van der Waals surface area contributed by atoms with Crippen LogP contribution in [0.25, 0.3) is 0 Å². The summed E-state index contributed by atoms with van der Waals surface area (Å²) in [4.78, 5) is 38.3. The molecule has 6 heteroatoms. The van der Waals surface area contributed by atoms with Gasteiger partial charge in [0.25, 0.3) is 0 Å². The van der Waals surface area contributed by atoms with Crippen LogP contribution in [0, 0.1) is 0 Å². The van der Waals surface area contributed by atoms with Crippen LogP contribution < -0.4 is 0 Å². The molecule has 0 saturated heterocycles. The summed E-state index contributed by atoms with van der Waals surface area (Å²) in [7, 11) is 0. The maximum Gasteiger partial charge on any atom is 0.306 e. The van der Waals surface area contributed by atoms with Crippen LogP contribution >= 0.6 is 0 Å². The molecule has 6 nitrogen and oxygen atoms in total. The Balaban J connectivity index is 4.56. The van der Waals surface area contributed by atoms with Crippen molar-refractivity contribution < 1.29 is 28.6 Å². The molecule has 0 radical (unpaired) electrons. The molecule has 0 bridgehead atoms. The highest BCUT2D eigenvalue weighted by Crippen LogP contribution is 2.14. The van der Waals surface area contributed by atoms with Gasteiger partial charge in [-0.1, -0.05) is 244 Å². The molecule has 0 aromatic carbocycles. The summed E-state index contributed by atoms with van der Waals surface area (Å²) < 4.78 is 16.8. The number of unbranched alkanes of at least 4 members (excludes halogenated alkanes) is 19. The van der Waals surface area contributed by atoms with Gasteiger partial charge in [-0.05, 0) is 141 Å². The van der Waals surface area contributed by atoms with Crippen LogP contribution in [-0.4, -0.2) is 37.2 Å². The molecular weight excluding hydrogens is 937 g/mol. The minimum absolute atomic E-state index is 0.113. The molecule has 1 unspecified atom stereocenters. The van der Waals surface area contributed by atoms with E-state index in [0.29, 0.717) is 19.3 Å². The molecule has 0 aromatic rings. The van der Waals surface area contributed by atoms with Crippen molar-refractivity contribution in [1.82, 2.24) is 0 Å². The third kappa shape index (κ3) is 60.2. The van der Waals surface area contributed by atoms with Crippen molar-refractivity contribution in [3.05, 3.63) is 146 Å². The average Bonchev–Trinajstić information content (AvgIpc) is 3.42. The Kier molecular flexibility index (Phi) is 58.9. The van der Waals surface area contributed by atoms with Gasteiger partial charge in [0.05, 0.1) is 0 Å². The van der Waals surface area contributed by atoms with Crippen molar-refractivity contribution in [3.8, 4) is 0 Å². The standard InChI is InChI=1S/C70H112O6/c1-4-7-10-13-16-19-22-25-28-31-34-35-37-39-42-45-48-51-54-57-60-63-69(72)75-66-67(65-74-68(71)62-59-56-53-50-47-44-41-38-33-30-27-24-21-18-15-12-9-6-3)76-70(73)64-61-58-55-52-49-46-43-40-36-32-29-26-23-20-17-14-11-8-5-2/h7-8,10-11,16-17,19-20,25-26,28-30,33-36,39-40,42,46,48-49,51,67H,4-6,9,12-15,18,21-24,27,31-32,37-38,41,43-45,47,50,52-66H2,1-3H3/b10-7-,11-8-,19-16-,20-17-,28-25-,29-26-,33-30-,35-34-,40-36-,42-39-,49-46-,51-48-. The van der Waals surface area contributed by atoms with Crippen LogP contribution in [0.5, 0.6) is 0 Å². The summed E-state index contributed by atoms with van der Waals surface area (Å²) in [5, 5.41) is 0. The lowest BCUT2D eigenvalue weighted by atomic mass is 10.1. The zero-order valence-electron chi connectivity index (χ0n) is 49.0. The van der Waals surface area contributed by atoms with E-state index in [9.17, 15) is 14.4 Å². The third-order valence-electron chi connectivity index (χ3n) is 12.6. The number of hydrogen-bond donors (Lipinski definition) is 0. The van der Waals surface area contributed by atoms with Crippen molar-refractivity contribution in [2.75, 3.05) is 13.2 Å². The van der Waals surface area contributed by atoms with E-state index < -0.39 is 6.10 Å². The second kappa shape index (κ2) is 62.8. The van der Waals surface area contributed by atoms with Crippen molar-refractivity contribution in [2.24, 2.45) is 0 Å². The Morgan fingerprint density at radius 1 is 0.276 bits per heavy atom. The molecule has 0 aliphatic carbocycles. The molecule has 0 aliphatic heterocycles. The van der Waals surface area contributed by atoms with E-state index in [1.807, 2.05) is 0 Å². The molecule has 0 N–H and O–H groups in total. The third-order valence-corrected chi connectivity index (χ3v) is 12.6. The first-order valence-electron chi connectivity index (χ1n) is 30.8. The SMILES string of the molecule is CC/C=C\C/C=C\C/C=C\C/C=C\C/C=C\C/C=C\CCCCC(=O)OCC(COC(=O)CCCCCCCCC/C=C\CCCCCCCCC)OC(=O)CCCCC/C=C\C/C=C\C/C=C\C/C=C\C/C=C\CC. The fourth-order valence-electron chi connectivity index (χ4n) is 8.00. The number of allylic oxidation sites excluding steroid dienone is 24. The van der Waals surface area contributed by atoms with Gasteiger partial charge < -0.3 is 14.2 Å². The fraction of sp³-hybridized carbons (Fsp3) is 0.614. The normalized spacial score (nSPS) is 13.1. The highest BCUT2D eigenvalue weighted by molar-refractivity contribution is 5.71. The maximum absolute atomic E-state index is 12.9. The molecule has 0 rings (SSSR count). The first-order valence-corrected chi connectivity index (χ1v) is 30.8. The van der Waals surface area contributed by atoms with E-state index in [1.165, 1.54) is 83.5 Å². The minimum Gasteiger partial charge on any atom is -0.462 e. The number of esters is 3. The highest BCUT2D eigenvalue weighted by Gasteiger charge is 2.19. The van der Waals surface area contributed by atoms with E-state index in [0.717, 1.165) is 122 Å². The molecule has 0 saturated carbocycles. The van der Waals surface area contributed by atoms with Gasteiger partial charge in [-0.2, -0.15) is 0 Å². The van der Waals surface area contributed by atoms with Gasteiger partial charge in [-0.15, -0.1) is 0 Å². The largest absolute Gasteiger partial charge is 0.462 e. The molecule has 0 aromatic heterocycles. The van der Waals surface area contributed by atoms with E-state index in [2.05, 4.69) is 167 Å². The van der Waals surface area contributed by atoms with Gasteiger partial charge in [-0.3, -0.25) is 14.4 Å². The quantitative estimate of drug-likeness (QED) is 0.0261. The van der Waals surface area contributed by atoms with Gasteiger partial charge in [-0.25, -0.2) is 0 Å². The van der Waals surface area contributed by atoms with Gasteiger partial charge in [0, 0.05) is 19.3 Å². The molecule has 0 fully saturated rings. The van der Waals surface area contributed by atoms with Crippen LogP contribution in [0.3, 0.4) is 0 Å². The molecule has 0 heterocycles. The van der Waals surface area contributed by atoms with Crippen LogP contribution in [0.15, 0.2) is 146 Å². The monoisotopic (exact) mass is 1050 g/mol. The lowest BCUT2D eigenvalue weighted by Gasteiger charge is -2.18. The number of ether oxygens (including phenoxy) is 3. The average molecular weight is 1050 g/mol. The molecule has 0 aliphatic rings. The Labute approximate surface area is 467 Å². The number of carbonyl (C=O) groups excluding carboxylic acids is 3. The Morgan fingerprint density at radius 2 is 0.513 bits per heavy atom. The maximum atomic E-state index is 12.9. The first-order chi connectivity index (χ1) is 37.5. The lowest BCUT2D eigenvalue weighted by Crippen LogP contribution is -2.30. The van der Waals surface area contributed by atoms with Crippen LogP contribution in [-0.2, 0) is 28.6 Å². The van der Waals surface area contributed by atoms with E-state index in [1.54, 1.807) is 0 Å². The topological polar surface area (TPSA) is 78.9 Å². The smallest absolute Gasteiger partial charge is 0.306 e. The zero-order valence-corrected chi connectivity index (χ0v) is 49.0. The van der Waals surface area contributed by atoms with Crippen molar-refractivity contribution in [1.29, 1.82) is 0 Å². The Hall–Kier alpha value is -4.71. The molecule has 76 heavy (non-hydrogen) atoms. The number of hydrogen-bond acceptors (Lipinski definition) is 6. The molecule has 0 amide bonds. The van der Waals surface area contributed by atoms with Crippen LogP contribution in [0.4, 0.5) is 0 Å². The van der Waals surface area contributed by atoms with Crippen molar-refractivity contribution in [3.63, 3.8) is 0 Å². The zero-order chi connectivity index (χ0) is 55.0. The molecular formula is C70H112O6. The summed E-state index contributed by atoms with van der Waals surface area (Å²) in [5.41, 5.74) is 0. The summed E-state index contributed by atoms with van der Waals surface area (Å²) in [6.45, 7) is 6.34. The highest BCUT2D eigenvalue weighted by atomic mass is 16.6. The van der Waals surface area contributed by atoms with Gasteiger partial charge in [0.1, 0.15) is 13.2 Å². The van der Waals surface area contributed by atoms with Crippen LogP contribution in [0.1, 0.15) is 258 Å². The minimum atomic E-state index is -0.823. The Bertz CT molecular complexity index is 1680. The Morgan fingerprint density at radius 3 is 0.855 bits per heavy atom. The summed E-state index contributed by atoms with van der Waals surface area (Å²) >= 11 is 0. The lowest BCUT2D eigenvalue weighted by molar-refractivity contribution is -0.167. The predicted octanol–water partition coefficient (Wildman–Crippen LogP) is 21.2. The summed E-state index contributed by atoms with van der Waals surface area (Å²) in [5.74, 6) is -0.997. The van der Waals surface area contributed by atoms with E-state index in [4.69, 9.17) is 14.2 Å². The molecule has 1 atom stereocenters. The van der Waals surface area contributed by atoms with Crippen molar-refractivity contribution in [2.45, 2.75) is 264 Å². The first kappa shape index (κ1) is 71.3. The molecule has 0 spiro atoms. The van der Waals surface area contributed by atoms with Crippen molar-refractivity contribution >= 4 is 17.9 Å². The second-order valence-electron chi connectivity index (χ2n) is 19.8. The fourth-order valence-corrected chi connectivity index (χ4v) is 8.00. The van der Waals surface area contributed by atoms with Gasteiger partial charge >= 0.3 is 17.9 Å². The van der Waals surface area contributed by atoms with Gasteiger partial charge in [0.2, 0.25) is 0 Å². The van der Waals surface area contributed by atoms with Crippen LogP contribution in [0.2, 0.25) is 0 Å². The predicted molar refractivity (Wildman–Crippen MR) is 329 cm³/mol. The van der Waals surface area contributed by atoms with Gasteiger partial charge in [0.15, 0.2) is 6.10 Å².